The topological polar surface area (TPSA) is 84.6 Å². The van der Waals surface area contributed by atoms with Crippen molar-refractivity contribution in [1.82, 2.24) is 5.32 Å². The van der Waals surface area contributed by atoms with Crippen molar-refractivity contribution in [2.24, 2.45) is 0 Å². The second kappa shape index (κ2) is 7.70. The quantitative estimate of drug-likeness (QED) is 0.427. The van der Waals surface area contributed by atoms with Gasteiger partial charge in [-0.2, -0.15) is 0 Å². The Bertz CT molecular complexity index is 421. The molecule has 1 aromatic carbocycles. The molecular formula is C13H20N2O4. The second-order valence-corrected chi connectivity index (χ2v) is 4.40. The first-order valence-corrected chi connectivity index (χ1v) is 6.33. The minimum Gasteiger partial charge on any atom is -0.484 e. The molecule has 1 rings (SSSR count). The molecule has 0 spiro atoms. The Hall–Kier alpha value is -1.66. The fourth-order valence-corrected chi connectivity index (χ4v) is 1.56. The summed E-state index contributed by atoms with van der Waals surface area (Å²) in [5.41, 5.74) is 0.765. The van der Waals surface area contributed by atoms with E-state index in [9.17, 15) is 10.1 Å². The van der Waals surface area contributed by atoms with Gasteiger partial charge in [0.1, 0.15) is 6.61 Å². The van der Waals surface area contributed by atoms with E-state index in [-0.39, 0.29) is 18.0 Å². The highest BCUT2D eigenvalue weighted by atomic mass is 16.6. The number of aliphatic hydroxyl groups excluding tert-OH is 1. The largest absolute Gasteiger partial charge is 0.484 e. The second-order valence-electron chi connectivity index (χ2n) is 4.40. The molecule has 6 nitrogen and oxygen atoms in total. The third kappa shape index (κ3) is 5.23. The van der Waals surface area contributed by atoms with Crippen molar-refractivity contribution in [3.63, 3.8) is 0 Å². The third-order valence-electron chi connectivity index (χ3n) is 2.46. The molecular weight excluding hydrogens is 248 g/mol. The van der Waals surface area contributed by atoms with Gasteiger partial charge in [0.25, 0.3) is 0 Å². The lowest BCUT2D eigenvalue weighted by Crippen LogP contribution is -2.15. The van der Waals surface area contributed by atoms with Crippen molar-refractivity contribution in [1.29, 1.82) is 0 Å². The van der Waals surface area contributed by atoms with Crippen LogP contribution in [0.5, 0.6) is 5.75 Å². The SMILES string of the molecule is CCCNCc1ccc(OCC(C)O)c([N+](=O)[O-])c1. The van der Waals surface area contributed by atoms with Crippen LogP contribution in [0.3, 0.4) is 0 Å². The molecule has 0 heterocycles. The Kier molecular flexibility index (Phi) is 6.24. The predicted octanol–water partition coefficient (Wildman–Crippen LogP) is 1.85. The molecule has 0 aliphatic carbocycles. The van der Waals surface area contributed by atoms with Gasteiger partial charge in [0.15, 0.2) is 5.75 Å². The van der Waals surface area contributed by atoms with Crippen molar-refractivity contribution >= 4 is 5.69 Å². The summed E-state index contributed by atoms with van der Waals surface area (Å²) in [6.07, 6.45) is 0.350. The number of aliphatic hydroxyl groups is 1. The molecule has 0 amide bonds. The number of nitro groups is 1. The lowest BCUT2D eigenvalue weighted by Gasteiger charge is -2.10. The highest BCUT2D eigenvalue weighted by molar-refractivity contribution is 5.48. The minimum atomic E-state index is -0.662. The molecule has 0 aliphatic heterocycles. The van der Waals surface area contributed by atoms with Crippen LogP contribution < -0.4 is 10.1 Å². The molecule has 0 bridgehead atoms. The minimum absolute atomic E-state index is 0.0360. The van der Waals surface area contributed by atoms with Crippen LogP contribution in [0.1, 0.15) is 25.8 Å². The fraction of sp³-hybridized carbons (Fsp3) is 0.538. The van der Waals surface area contributed by atoms with Crippen molar-refractivity contribution in [3.05, 3.63) is 33.9 Å². The van der Waals surface area contributed by atoms with E-state index in [1.165, 1.54) is 6.07 Å². The Morgan fingerprint density at radius 2 is 2.26 bits per heavy atom. The van der Waals surface area contributed by atoms with Gasteiger partial charge in [-0.3, -0.25) is 10.1 Å². The number of hydrogen-bond acceptors (Lipinski definition) is 5. The number of nitrogens with zero attached hydrogens (tertiary/aromatic N) is 1. The molecule has 0 saturated carbocycles. The Balaban J connectivity index is 2.79. The molecule has 0 fully saturated rings. The van der Waals surface area contributed by atoms with Gasteiger partial charge in [0, 0.05) is 12.6 Å². The van der Waals surface area contributed by atoms with Crippen LogP contribution in [0.25, 0.3) is 0 Å². The highest BCUT2D eigenvalue weighted by Crippen LogP contribution is 2.28. The van der Waals surface area contributed by atoms with Gasteiger partial charge in [-0.15, -0.1) is 0 Å². The zero-order valence-corrected chi connectivity index (χ0v) is 11.3. The number of hydrogen-bond donors (Lipinski definition) is 2. The van der Waals surface area contributed by atoms with Crippen LogP contribution in [0.4, 0.5) is 5.69 Å². The normalized spacial score (nSPS) is 12.2. The van der Waals surface area contributed by atoms with E-state index in [4.69, 9.17) is 9.84 Å². The van der Waals surface area contributed by atoms with Gasteiger partial charge in [0.2, 0.25) is 0 Å². The highest BCUT2D eigenvalue weighted by Gasteiger charge is 2.16. The van der Waals surface area contributed by atoms with Gasteiger partial charge in [-0.25, -0.2) is 0 Å². The van der Waals surface area contributed by atoms with E-state index >= 15 is 0 Å². The maximum absolute atomic E-state index is 11.0. The lowest BCUT2D eigenvalue weighted by molar-refractivity contribution is -0.386. The number of benzene rings is 1. The molecule has 1 aromatic rings. The standard InChI is InChI=1S/C13H20N2O4/c1-3-6-14-8-11-4-5-13(19-9-10(2)16)12(7-11)15(17)18/h4-5,7,10,14,16H,3,6,8-9H2,1-2H3. The summed E-state index contributed by atoms with van der Waals surface area (Å²) in [5, 5.41) is 23.3. The van der Waals surface area contributed by atoms with Gasteiger partial charge in [0.05, 0.1) is 11.0 Å². The molecule has 0 aliphatic rings. The van der Waals surface area contributed by atoms with Crippen LogP contribution >= 0.6 is 0 Å². The zero-order valence-electron chi connectivity index (χ0n) is 11.3. The predicted molar refractivity (Wildman–Crippen MR) is 72.3 cm³/mol. The monoisotopic (exact) mass is 268 g/mol. The summed E-state index contributed by atoms with van der Waals surface area (Å²) in [7, 11) is 0. The molecule has 0 radical (unpaired) electrons. The van der Waals surface area contributed by atoms with Crippen LogP contribution in [-0.2, 0) is 6.54 Å². The number of rotatable bonds is 8. The van der Waals surface area contributed by atoms with Gasteiger partial charge >= 0.3 is 5.69 Å². The molecule has 106 valence electrons. The van der Waals surface area contributed by atoms with Gasteiger partial charge in [-0.05, 0) is 31.5 Å². The van der Waals surface area contributed by atoms with E-state index < -0.39 is 11.0 Å². The average Bonchev–Trinajstić information content (AvgIpc) is 2.37. The van der Waals surface area contributed by atoms with Crippen molar-refractivity contribution in [2.75, 3.05) is 13.2 Å². The van der Waals surface area contributed by atoms with Gasteiger partial charge in [-0.1, -0.05) is 13.0 Å². The Morgan fingerprint density at radius 3 is 2.84 bits per heavy atom. The number of nitrogens with one attached hydrogen (secondary N) is 1. The summed E-state index contributed by atoms with van der Waals surface area (Å²) >= 11 is 0. The fourth-order valence-electron chi connectivity index (χ4n) is 1.56. The van der Waals surface area contributed by atoms with Crippen LogP contribution in [0, 0.1) is 10.1 Å². The van der Waals surface area contributed by atoms with E-state index in [2.05, 4.69) is 12.2 Å². The Morgan fingerprint density at radius 1 is 1.53 bits per heavy atom. The van der Waals surface area contributed by atoms with Crippen LogP contribution in [0.15, 0.2) is 18.2 Å². The van der Waals surface area contributed by atoms with Crippen molar-refractivity contribution in [2.45, 2.75) is 32.9 Å². The summed E-state index contributed by atoms with van der Waals surface area (Å²) in [5.74, 6) is 0.185. The summed E-state index contributed by atoms with van der Waals surface area (Å²) in [4.78, 5) is 10.5. The molecule has 0 aromatic heterocycles. The summed E-state index contributed by atoms with van der Waals surface area (Å²) < 4.78 is 5.23. The molecule has 19 heavy (non-hydrogen) atoms. The van der Waals surface area contributed by atoms with E-state index in [0.717, 1.165) is 18.5 Å². The third-order valence-corrected chi connectivity index (χ3v) is 2.46. The molecule has 1 unspecified atom stereocenters. The maximum atomic E-state index is 11.0. The van der Waals surface area contributed by atoms with Gasteiger partial charge < -0.3 is 15.2 Å². The lowest BCUT2D eigenvalue weighted by atomic mass is 10.2. The maximum Gasteiger partial charge on any atom is 0.311 e. The molecule has 1 atom stereocenters. The van der Waals surface area contributed by atoms with E-state index in [1.807, 2.05) is 0 Å². The van der Waals surface area contributed by atoms with E-state index in [1.54, 1.807) is 19.1 Å². The number of ether oxygens (including phenoxy) is 1. The first-order valence-electron chi connectivity index (χ1n) is 6.33. The zero-order chi connectivity index (χ0) is 14.3. The summed E-state index contributed by atoms with van der Waals surface area (Å²) in [6.45, 7) is 5.12. The van der Waals surface area contributed by atoms with E-state index in [0.29, 0.717) is 6.54 Å². The van der Waals surface area contributed by atoms with Crippen LogP contribution in [-0.4, -0.2) is 29.3 Å². The van der Waals surface area contributed by atoms with Crippen LogP contribution in [0.2, 0.25) is 0 Å². The summed E-state index contributed by atoms with van der Waals surface area (Å²) in [6, 6.07) is 4.86. The first kappa shape index (κ1) is 15.4. The number of nitro benzene ring substituents is 1. The first-order chi connectivity index (χ1) is 9.04. The van der Waals surface area contributed by atoms with Crippen molar-refractivity contribution in [3.8, 4) is 5.75 Å². The smallest absolute Gasteiger partial charge is 0.311 e. The molecule has 6 heteroatoms. The molecule has 2 N–H and O–H groups in total. The van der Waals surface area contributed by atoms with Crippen molar-refractivity contribution < 1.29 is 14.8 Å². The average molecular weight is 268 g/mol. The molecule has 0 saturated heterocycles. The Labute approximate surface area is 112 Å².